The second kappa shape index (κ2) is 3.04. The highest BCUT2D eigenvalue weighted by molar-refractivity contribution is 6.34. The predicted molar refractivity (Wildman–Crippen MR) is 49.5 cm³/mol. The number of carbonyl (C=O) groups excluding carboxylic acids is 1. The van der Waals surface area contributed by atoms with Crippen LogP contribution >= 0.6 is 11.6 Å². The van der Waals surface area contributed by atoms with Gasteiger partial charge in [-0.25, -0.2) is 4.79 Å². The molecule has 2 nitrogen and oxygen atoms in total. The highest BCUT2D eigenvalue weighted by atomic mass is 35.5. The number of rotatable bonds is 1. The topological polar surface area (TPSA) is 26.3 Å². The van der Waals surface area contributed by atoms with Gasteiger partial charge in [-0.15, -0.1) is 11.6 Å². The van der Waals surface area contributed by atoms with E-state index in [0.29, 0.717) is 13.0 Å². The van der Waals surface area contributed by atoms with Crippen LogP contribution in [0.1, 0.15) is 12.0 Å². The van der Waals surface area contributed by atoms with Crippen molar-refractivity contribution >= 4 is 17.6 Å². The summed E-state index contributed by atoms with van der Waals surface area (Å²) in [5.41, 5.74) is 0.819. The Bertz CT molecular complexity index is 323. The fourth-order valence-corrected chi connectivity index (χ4v) is 1.72. The number of hydrogen-bond donors (Lipinski definition) is 0. The van der Waals surface area contributed by atoms with Gasteiger partial charge in [-0.05, 0) is 5.56 Å². The van der Waals surface area contributed by atoms with Crippen molar-refractivity contribution in [2.75, 3.05) is 6.61 Å². The van der Waals surface area contributed by atoms with Crippen molar-refractivity contribution in [3.05, 3.63) is 35.9 Å². The monoisotopic (exact) mass is 196 g/mol. The van der Waals surface area contributed by atoms with E-state index in [1.807, 2.05) is 30.3 Å². The maximum absolute atomic E-state index is 11.3. The van der Waals surface area contributed by atoms with E-state index in [-0.39, 0.29) is 5.97 Å². The Labute approximate surface area is 81.5 Å². The number of alkyl halides is 1. The molecule has 0 N–H and O–H groups in total. The smallest absolute Gasteiger partial charge is 0.331 e. The van der Waals surface area contributed by atoms with Crippen molar-refractivity contribution in [2.45, 2.75) is 11.3 Å². The summed E-state index contributed by atoms with van der Waals surface area (Å²) in [5.74, 6) is -0.333. The normalized spacial score (nSPS) is 27.3. The van der Waals surface area contributed by atoms with E-state index >= 15 is 0 Å². The Hall–Kier alpha value is -1.02. The van der Waals surface area contributed by atoms with E-state index in [0.717, 1.165) is 5.56 Å². The third kappa shape index (κ3) is 1.31. The van der Waals surface area contributed by atoms with Crippen LogP contribution in [0.15, 0.2) is 30.3 Å². The van der Waals surface area contributed by atoms with Gasteiger partial charge >= 0.3 is 5.97 Å². The van der Waals surface area contributed by atoms with Gasteiger partial charge in [0.25, 0.3) is 0 Å². The number of halogens is 1. The van der Waals surface area contributed by atoms with Gasteiger partial charge in [0.05, 0.1) is 6.61 Å². The molecule has 1 aromatic carbocycles. The average Bonchev–Trinajstić information content (AvgIpc) is 2.50. The first-order valence-electron chi connectivity index (χ1n) is 4.15. The summed E-state index contributed by atoms with van der Waals surface area (Å²) in [4.78, 5) is 10.4. The van der Waals surface area contributed by atoms with Crippen LogP contribution < -0.4 is 0 Å². The lowest BCUT2D eigenvalue weighted by molar-refractivity contribution is -0.140. The first kappa shape index (κ1) is 8.57. The molecular formula is C10H9ClO2. The number of hydrogen-bond acceptors (Lipinski definition) is 2. The van der Waals surface area contributed by atoms with Crippen molar-refractivity contribution in [1.82, 2.24) is 0 Å². The highest BCUT2D eigenvalue weighted by Gasteiger charge is 2.44. The van der Waals surface area contributed by atoms with Crippen molar-refractivity contribution < 1.29 is 9.53 Å². The SMILES string of the molecule is O=C1OCC[C@]1(Cl)c1ccccc1. The van der Waals surface area contributed by atoms with E-state index in [2.05, 4.69) is 0 Å². The lowest BCUT2D eigenvalue weighted by Crippen LogP contribution is -2.24. The fraction of sp³-hybridized carbons (Fsp3) is 0.300. The molecule has 0 radical (unpaired) electrons. The van der Waals surface area contributed by atoms with Crippen LogP contribution in [0.4, 0.5) is 0 Å². The summed E-state index contributed by atoms with van der Waals surface area (Å²) in [7, 11) is 0. The van der Waals surface area contributed by atoms with Crippen LogP contribution in [-0.2, 0) is 14.4 Å². The third-order valence-electron chi connectivity index (χ3n) is 2.23. The molecule has 0 spiro atoms. The molecule has 2 rings (SSSR count). The molecule has 0 aromatic heterocycles. The van der Waals surface area contributed by atoms with E-state index in [1.54, 1.807) is 0 Å². The molecular weight excluding hydrogens is 188 g/mol. The van der Waals surface area contributed by atoms with Crippen molar-refractivity contribution in [2.24, 2.45) is 0 Å². The number of carbonyl (C=O) groups is 1. The molecule has 1 atom stereocenters. The molecule has 1 aliphatic heterocycles. The lowest BCUT2D eigenvalue weighted by Gasteiger charge is -2.15. The third-order valence-corrected chi connectivity index (χ3v) is 2.80. The van der Waals surface area contributed by atoms with Crippen LogP contribution in [0.3, 0.4) is 0 Å². The van der Waals surface area contributed by atoms with E-state index in [9.17, 15) is 4.79 Å². The van der Waals surface area contributed by atoms with Crippen molar-refractivity contribution in [3.63, 3.8) is 0 Å². The number of ether oxygens (including phenoxy) is 1. The van der Waals surface area contributed by atoms with Gasteiger partial charge < -0.3 is 4.74 Å². The van der Waals surface area contributed by atoms with Gasteiger partial charge in [0.15, 0.2) is 4.87 Å². The van der Waals surface area contributed by atoms with Crippen molar-refractivity contribution in [3.8, 4) is 0 Å². The highest BCUT2D eigenvalue weighted by Crippen LogP contribution is 2.38. The molecule has 1 aliphatic rings. The van der Waals surface area contributed by atoms with Crippen LogP contribution in [-0.4, -0.2) is 12.6 Å². The minimum atomic E-state index is -0.943. The Morgan fingerprint density at radius 1 is 1.31 bits per heavy atom. The van der Waals surface area contributed by atoms with Crippen LogP contribution in [0.5, 0.6) is 0 Å². The zero-order chi connectivity index (χ0) is 9.31. The summed E-state index contributed by atoms with van der Waals surface area (Å²) in [6.45, 7) is 0.414. The van der Waals surface area contributed by atoms with Gasteiger partial charge in [0.2, 0.25) is 0 Å². The molecule has 0 amide bonds. The molecule has 0 bridgehead atoms. The second-order valence-electron chi connectivity index (χ2n) is 3.05. The maximum atomic E-state index is 11.3. The Morgan fingerprint density at radius 2 is 2.00 bits per heavy atom. The summed E-state index contributed by atoms with van der Waals surface area (Å²) >= 11 is 6.17. The van der Waals surface area contributed by atoms with Gasteiger partial charge in [0, 0.05) is 6.42 Å². The summed E-state index contributed by atoms with van der Waals surface area (Å²) in [5, 5.41) is 0. The predicted octanol–water partition coefficient (Wildman–Crippen LogP) is 2.07. The quantitative estimate of drug-likeness (QED) is 0.508. The minimum absolute atomic E-state index is 0.333. The standard InChI is InChI=1S/C10H9ClO2/c11-10(6-7-13-9(10)12)8-4-2-1-3-5-8/h1-5H,6-7H2/t10-/m0/s1. The van der Waals surface area contributed by atoms with E-state index < -0.39 is 4.87 Å². The Kier molecular flexibility index (Phi) is 2.00. The second-order valence-corrected chi connectivity index (χ2v) is 3.70. The number of esters is 1. The van der Waals surface area contributed by atoms with E-state index in [4.69, 9.17) is 16.3 Å². The largest absolute Gasteiger partial charge is 0.464 e. The Balaban J connectivity index is 2.40. The molecule has 3 heteroatoms. The summed E-state index contributed by atoms with van der Waals surface area (Å²) in [6, 6.07) is 9.32. The van der Waals surface area contributed by atoms with Crippen LogP contribution in [0.2, 0.25) is 0 Å². The van der Waals surface area contributed by atoms with Gasteiger partial charge in [-0.3, -0.25) is 0 Å². The zero-order valence-electron chi connectivity index (χ0n) is 7.00. The molecule has 13 heavy (non-hydrogen) atoms. The first-order chi connectivity index (χ1) is 6.23. The molecule has 68 valence electrons. The van der Waals surface area contributed by atoms with Crippen molar-refractivity contribution in [1.29, 1.82) is 0 Å². The van der Waals surface area contributed by atoms with Gasteiger partial charge in [-0.1, -0.05) is 30.3 Å². The number of benzene rings is 1. The lowest BCUT2D eigenvalue weighted by atomic mass is 9.97. The minimum Gasteiger partial charge on any atom is -0.464 e. The molecule has 1 aromatic rings. The fourth-order valence-electron chi connectivity index (χ4n) is 1.47. The maximum Gasteiger partial charge on any atom is 0.331 e. The van der Waals surface area contributed by atoms with Crippen LogP contribution in [0.25, 0.3) is 0 Å². The first-order valence-corrected chi connectivity index (χ1v) is 4.53. The molecule has 1 fully saturated rings. The van der Waals surface area contributed by atoms with Crippen LogP contribution in [0, 0.1) is 0 Å². The van der Waals surface area contributed by atoms with Gasteiger partial charge in [-0.2, -0.15) is 0 Å². The van der Waals surface area contributed by atoms with Gasteiger partial charge in [0.1, 0.15) is 0 Å². The summed E-state index contributed by atoms with van der Waals surface area (Å²) < 4.78 is 4.85. The number of cyclic esters (lactones) is 1. The zero-order valence-corrected chi connectivity index (χ0v) is 7.75. The summed E-state index contributed by atoms with van der Waals surface area (Å²) in [6.07, 6.45) is 0.553. The average molecular weight is 197 g/mol. The molecule has 0 saturated carbocycles. The molecule has 1 saturated heterocycles. The molecule has 0 aliphatic carbocycles. The Morgan fingerprint density at radius 3 is 2.54 bits per heavy atom. The van der Waals surface area contributed by atoms with E-state index in [1.165, 1.54) is 0 Å². The molecule has 0 unspecified atom stereocenters. The molecule has 1 heterocycles.